The molecule has 3 nitrogen and oxygen atoms in total. The van der Waals surface area contributed by atoms with Gasteiger partial charge in [0, 0.05) is 21.2 Å². The predicted molar refractivity (Wildman–Crippen MR) is 94.5 cm³/mol. The SMILES string of the molecule is Cc1cc(C(=O)C=C(c2cc(Cl)cc(Cl)c2)C(F)(F)F)ccc1C(N)=O. The van der Waals surface area contributed by atoms with Crippen molar-refractivity contribution in [2.75, 3.05) is 0 Å². The number of allylic oxidation sites excluding steroid dienone is 2. The Bertz CT molecular complexity index is 901. The van der Waals surface area contributed by atoms with Crippen LogP contribution in [0.25, 0.3) is 5.57 Å². The standard InChI is InChI=1S/C18H12Cl2F3NO2/c1-9-4-10(2-3-14(9)17(24)26)16(25)8-15(18(21,22)23)11-5-12(19)7-13(20)6-11/h2-8H,1H3,(H2,24,26). The number of nitrogens with two attached hydrogens (primary N) is 1. The lowest BCUT2D eigenvalue weighted by Crippen LogP contribution is -2.14. The first kappa shape index (κ1) is 20.0. The molecule has 8 heteroatoms. The highest BCUT2D eigenvalue weighted by molar-refractivity contribution is 6.35. The minimum Gasteiger partial charge on any atom is -0.366 e. The van der Waals surface area contributed by atoms with E-state index >= 15 is 0 Å². The topological polar surface area (TPSA) is 60.2 Å². The summed E-state index contributed by atoms with van der Waals surface area (Å²) in [6, 6.07) is 7.27. The average Bonchev–Trinajstić information content (AvgIpc) is 2.49. The summed E-state index contributed by atoms with van der Waals surface area (Å²) >= 11 is 11.5. The zero-order valence-electron chi connectivity index (χ0n) is 13.3. The van der Waals surface area contributed by atoms with Crippen LogP contribution in [0.2, 0.25) is 10.0 Å². The molecule has 0 spiro atoms. The van der Waals surface area contributed by atoms with E-state index in [2.05, 4.69) is 0 Å². The Hall–Kier alpha value is -2.31. The summed E-state index contributed by atoms with van der Waals surface area (Å²) in [5, 5.41) is 0.0218. The van der Waals surface area contributed by atoms with Crippen LogP contribution in [0, 0.1) is 6.92 Å². The molecule has 136 valence electrons. The maximum absolute atomic E-state index is 13.4. The van der Waals surface area contributed by atoms with E-state index in [4.69, 9.17) is 28.9 Å². The summed E-state index contributed by atoms with van der Waals surface area (Å²) in [4.78, 5) is 23.5. The van der Waals surface area contributed by atoms with Crippen LogP contribution < -0.4 is 5.73 Å². The molecule has 0 radical (unpaired) electrons. The third-order valence-electron chi connectivity index (χ3n) is 3.53. The molecule has 26 heavy (non-hydrogen) atoms. The van der Waals surface area contributed by atoms with Crippen molar-refractivity contribution < 1.29 is 22.8 Å². The number of ketones is 1. The quantitative estimate of drug-likeness (QED) is 0.563. The first-order chi connectivity index (χ1) is 12.0. The van der Waals surface area contributed by atoms with Gasteiger partial charge in [0.25, 0.3) is 0 Å². The molecular formula is C18H12Cl2F3NO2. The smallest absolute Gasteiger partial charge is 0.366 e. The van der Waals surface area contributed by atoms with Crippen LogP contribution in [0.1, 0.15) is 31.8 Å². The molecular weight excluding hydrogens is 390 g/mol. The normalized spacial score (nSPS) is 12.2. The van der Waals surface area contributed by atoms with Crippen molar-refractivity contribution in [3.63, 3.8) is 0 Å². The van der Waals surface area contributed by atoms with Gasteiger partial charge in [-0.1, -0.05) is 29.3 Å². The zero-order chi connectivity index (χ0) is 19.6. The van der Waals surface area contributed by atoms with Crippen molar-refractivity contribution >= 4 is 40.5 Å². The molecule has 0 saturated heterocycles. The lowest BCUT2D eigenvalue weighted by Gasteiger charge is -2.13. The van der Waals surface area contributed by atoms with Crippen LogP contribution in [0.3, 0.4) is 0 Å². The third-order valence-corrected chi connectivity index (χ3v) is 3.97. The summed E-state index contributed by atoms with van der Waals surface area (Å²) in [5.74, 6) is -1.57. The van der Waals surface area contributed by atoms with Crippen LogP contribution in [0.4, 0.5) is 13.2 Å². The van der Waals surface area contributed by atoms with Crippen molar-refractivity contribution in [1.82, 2.24) is 0 Å². The van der Waals surface area contributed by atoms with Gasteiger partial charge in [0.05, 0.1) is 5.57 Å². The number of carbonyl (C=O) groups is 2. The molecule has 1 amide bonds. The van der Waals surface area contributed by atoms with Gasteiger partial charge in [-0.05, 0) is 54.5 Å². The molecule has 2 rings (SSSR count). The minimum absolute atomic E-state index is 0.0109. The van der Waals surface area contributed by atoms with E-state index in [0.717, 1.165) is 12.1 Å². The summed E-state index contributed by atoms with van der Waals surface area (Å²) in [5.41, 5.74) is 4.23. The third kappa shape index (κ3) is 4.65. The van der Waals surface area contributed by atoms with E-state index in [1.54, 1.807) is 0 Å². The van der Waals surface area contributed by atoms with Crippen LogP contribution in [-0.2, 0) is 0 Å². The fourth-order valence-corrected chi connectivity index (χ4v) is 2.87. The van der Waals surface area contributed by atoms with Crippen molar-refractivity contribution in [1.29, 1.82) is 0 Å². The number of hydrogen-bond acceptors (Lipinski definition) is 2. The number of carbonyl (C=O) groups excluding carboxylic acids is 2. The molecule has 0 bridgehead atoms. The predicted octanol–water partition coefficient (Wildman–Crippen LogP) is 5.23. The van der Waals surface area contributed by atoms with Gasteiger partial charge in [-0.15, -0.1) is 0 Å². The van der Waals surface area contributed by atoms with E-state index in [1.165, 1.54) is 31.2 Å². The molecule has 0 saturated carbocycles. The lowest BCUT2D eigenvalue weighted by atomic mass is 9.98. The summed E-state index contributed by atoms with van der Waals surface area (Å²) in [6.07, 6.45) is -4.33. The Kier molecular flexibility index (Phi) is 5.78. The highest BCUT2D eigenvalue weighted by Gasteiger charge is 2.35. The Morgan fingerprint density at radius 1 is 1.00 bits per heavy atom. The van der Waals surface area contributed by atoms with Gasteiger partial charge in [-0.25, -0.2) is 0 Å². The number of alkyl halides is 3. The van der Waals surface area contributed by atoms with E-state index in [1.807, 2.05) is 0 Å². The Morgan fingerprint density at radius 3 is 2.04 bits per heavy atom. The first-order valence-corrected chi connectivity index (χ1v) is 7.95. The number of primary amides is 1. The molecule has 0 aliphatic heterocycles. The van der Waals surface area contributed by atoms with Crippen molar-refractivity contribution in [2.45, 2.75) is 13.1 Å². The highest BCUT2D eigenvalue weighted by Crippen LogP contribution is 2.36. The molecule has 0 fully saturated rings. The number of amides is 1. The molecule has 0 aromatic heterocycles. The van der Waals surface area contributed by atoms with Gasteiger partial charge in [0.2, 0.25) is 5.91 Å². The molecule has 2 aromatic carbocycles. The number of rotatable bonds is 4. The number of aryl methyl sites for hydroxylation is 1. The van der Waals surface area contributed by atoms with Crippen LogP contribution in [-0.4, -0.2) is 17.9 Å². The minimum atomic E-state index is -4.80. The molecule has 2 aromatic rings. The summed E-state index contributed by atoms with van der Waals surface area (Å²) in [6.45, 7) is 1.53. The van der Waals surface area contributed by atoms with Gasteiger partial charge >= 0.3 is 6.18 Å². The molecule has 0 heterocycles. The van der Waals surface area contributed by atoms with Gasteiger partial charge in [0.1, 0.15) is 0 Å². The van der Waals surface area contributed by atoms with Gasteiger partial charge in [-0.2, -0.15) is 13.2 Å². The van der Waals surface area contributed by atoms with Crippen molar-refractivity contribution in [2.24, 2.45) is 5.73 Å². The second-order valence-electron chi connectivity index (χ2n) is 5.47. The monoisotopic (exact) mass is 401 g/mol. The van der Waals surface area contributed by atoms with Crippen LogP contribution in [0.15, 0.2) is 42.5 Å². The van der Waals surface area contributed by atoms with Crippen molar-refractivity contribution in [3.8, 4) is 0 Å². The van der Waals surface area contributed by atoms with E-state index in [9.17, 15) is 22.8 Å². The van der Waals surface area contributed by atoms with Crippen LogP contribution in [0.5, 0.6) is 0 Å². The van der Waals surface area contributed by atoms with Crippen molar-refractivity contribution in [3.05, 3.63) is 74.8 Å². The van der Waals surface area contributed by atoms with Crippen LogP contribution >= 0.6 is 23.2 Å². The lowest BCUT2D eigenvalue weighted by molar-refractivity contribution is -0.0689. The Balaban J connectivity index is 2.52. The number of hydrogen-bond donors (Lipinski definition) is 1. The zero-order valence-corrected chi connectivity index (χ0v) is 14.8. The molecule has 0 unspecified atom stereocenters. The average molecular weight is 402 g/mol. The number of halogens is 5. The highest BCUT2D eigenvalue weighted by atomic mass is 35.5. The van der Waals surface area contributed by atoms with Gasteiger partial charge in [-0.3, -0.25) is 9.59 Å². The second-order valence-corrected chi connectivity index (χ2v) is 6.34. The van der Waals surface area contributed by atoms with E-state index in [-0.39, 0.29) is 26.7 Å². The molecule has 0 aliphatic rings. The fourth-order valence-electron chi connectivity index (χ4n) is 2.35. The fraction of sp³-hybridized carbons (Fsp3) is 0.111. The Morgan fingerprint density at radius 2 is 1.58 bits per heavy atom. The summed E-state index contributed by atoms with van der Waals surface area (Å²) < 4.78 is 40.3. The second kappa shape index (κ2) is 7.51. The van der Waals surface area contributed by atoms with Gasteiger partial charge in [0.15, 0.2) is 5.78 Å². The van der Waals surface area contributed by atoms with E-state index in [0.29, 0.717) is 11.6 Å². The van der Waals surface area contributed by atoms with E-state index < -0.39 is 23.4 Å². The number of benzene rings is 2. The maximum Gasteiger partial charge on any atom is 0.417 e. The first-order valence-electron chi connectivity index (χ1n) is 7.19. The van der Waals surface area contributed by atoms with Gasteiger partial charge < -0.3 is 5.73 Å². The molecule has 0 atom stereocenters. The summed E-state index contributed by atoms with van der Waals surface area (Å²) in [7, 11) is 0. The maximum atomic E-state index is 13.4. The largest absolute Gasteiger partial charge is 0.417 e. The molecule has 0 aliphatic carbocycles. The molecule has 2 N–H and O–H groups in total. The Labute approximate surface area is 157 Å².